The zero-order chi connectivity index (χ0) is 20.4. The van der Waals surface area contributed by atoms with Crippen LogP contribution in [0.25, 0.3) is 0 Å². The maximum Gasteiger partial charge on any atom is 0.251 e. The van der Waals surface area contributed by atoms with Crippen molar-refractivity contribution in [3.63, 3.8) is 0 Å². The number of nitrogens with one attached hydrogen (secondary N) is 3. The minimum absolute atomic E-state index is 0.0541. The molecule has 1 fully saturated rings. The molecule has 0 spiro atoms. The minimum atomic E-state index is -0.0541. The highest BCUT2D eigenvalue weighted by Crippen LogP contribution is 2.06. The standard InChI is InChI=1S/C21H36N6O/c1-17(16-27-12-10-26(4)11-13-27)15-25-21(23-3)24-9-8-18-6-5-7-19(14-18)20(28)22-2/h5-7,14,17H,8-13,15-16H2,1-4H3,(H,22,28)(H2,23,24,25). The number of guanidine groups is 1. The molecule has 7 heteroatoms. The van der Waals surface area contributed by atoms with Crippen molar-refractivity contribution in [3.8, 4) is 0 Å². The maximum atomic E-state index is 11.7. The van der Waals surface area contributed by atoms with Gasteiger partial charge < -0.3 is 25.8 Å². The number of nitrogens with zero attached hydrogens (tertiary/aromatic N) is 3. The first-order valence-corrected chi connectivity index (χ1v) is 10.2. The van der Waals surface area contributed by atoms with E-state index in [9.17, 15) is 4.79 Å². The molecule has 2 rings (SSSR count). The van der Waals surface area contributed by atoms with E-state index in [1.54, 1.807) is 14.1 Å². The zero-order valence-corrected chi connectivity index (χ0v) is 17.8. The van der Waals surface area contributed by atoms with Crippen LogP contribution in [0.5, 0.6) is 0 Å². The van der Waals surface area contributed by atoms with Crippen molar-refractivity contribution in [2.24, 2.45) is 10.9 Å². The van der Waals surface area contributed by atoms with E-state index in [-0.39, 0.29) is 5.91 Å². The number of amides is 1. The van der Waals surface area contributed by atoms with Crippen molar-refractivity contribution in [3.05, 3.63) is 35.4 Å². The zero-order valence-electron chi connectivity index (χ0n) is 17.8. The molecular weight excluding hydrogens is 352 g/mol. The molecule has 1 heterocycles. The second-order valence-corrected chi connectivity index (χ2v) is 7.62. The number of carbonyl (C=O) groups is 1. The molecule has 7 nitrogen and oxygen atoms in total. The Morgan fingerprint density at radius 3 is 2.64 bits per heavy atom. The summed E-state index contributed by atoms with van der Waals surface area (Å²) in [6, 6.07) is 7.74. The average Bonchev–Trinajstić information content (AvgIpc) is 2.71. The van der Waals surface area contributed by atoms with Crippen LogP contribution in [-0.2, 0) is 6.42 Å². The molecule has 1 aromatic rings. The van der Waals surface area contributed by atoms with Crippen molar-refractivity contribution in [2.75, 3.05) is 67.0 Å². The van der Waals surface area contributed by atoms with Crippen molar-refractivity contribution in [1.29, 1.82) is 0 Å². The molecule has 3 N–H and O–H groups in total. The number of benzene rings is 1. The third-order valence-electron chi connectivity index (χ3n) is 5.13. The number of piperazine rings is 1. The highest BCUT2D eigenvalue weighted by atomic mass is 16.1. The largest absolute Gasteiger partial charge is 0.356 e. The van der Waals surface area contributed by atoms with Crippen molar-refractivity contribution >= 4 is 11.9 Å². The first-order valence-electron chi connectivity index (χ1n) is 10.2. The lowest BCUT2D eigenvalue weighted by atomic mass is 10.1. The molecule has 1 aromatic carbocycles. The summed E-state index contributed by atoms with van der Waals surface area (Å²) in [5.41, 5.74) is 1.83. The van der Waals surface area contributed by atoms with Crippen LogP contribution in [0, 0.1) is 5.92 Å². The van der Waals surface area contributed by atoms with E-state index < -0.39 is 0 Å². The van der Waals surface area contributed by atoms with Gasteiger partial charge in [-0.15, -0.1) is 0 Å². The second-order valence-electron chi connectivity index (χ2n) is 7.62. The lowest BCUT2D eigenvalue weighted by molar-refractivity contribution is 0.0963. The normalized spacial score (nSPS) is 17.2. The van der Waals surface area contributed by atoms with Gasteiger partial charge in [0.1, 0.15) is 0 Å². The van der Waals surface area contributed by atoms with Crippen LogP contribution in [0.2, 0.25) is 0 Å². The van der Waals surface area contributed by atoms with Gasteiger partial charge >= 0.3 is 0 Å². The molecule has 1 aliphatic rings. The van der Waals surface area contributed by atoms with Gasteiger partial charge in [-0.1, -0.05) is 19.1 Å². The first kappa shape index (κ1) is 22.2. The molecule has 1 atom stereocenters. The molecule has 0 radical (unpaired) electrons. The van der Waals surface area contributed by atoms with Crippen LogP contribution >= 0.6 is 0 Å². The third-order valence-corrected chi connectivity index (χ3v) is 5.13. The van der Waals surface area contributed by atoms with Crippen molar-refractivity contribution in [2.45, 2.75) is 13.3 Å². The number of aliphatic imine (C=N–C) groups is 1. The van der Waals surface area contributed by atoms with Crippen LogP contribution < -0.4 is 16.0 Å². The molecule has 0 bridgehead atoms. The summed E-state index contributed by atoms with van der Waals surface area (Å²) in [6.45, 7) is 9.69. The van der Waals surface area contributed by atoms with Gasteiger partial charge in [-0.3, -0.25) is 9.79 Å². The van der Waals surface area contributed by atoms with E-state index in [0.29, 0.717) is 11.5 Å². The second kappa shape index (κ2) is 11.7. The van der Waals surface area contributed by atoms with E-state index in [1.807, 2.05) is 24.3 Å². The quantitative estimate of drug-likeness (QED) is 0.450. The number of hydrogen-bond donors (Lipinski definition) is 3. The van der Waals surface area contributed by atoms with Crippen LogP contribution in [0.4, 0.5) is 0 Å². The summed E-state index contributed by atoms with van der Waals surface area (Å²) in [6.07, 6.45) is 0.836. The number of likely N-dealkylation sites (N-methyl/N-ethyl adjacent to an activating group) is 1. The van der Waals surface area contributed by atoms with Crippen LogP contribution in [0.15, 0.2) is 29.3 Å². The van der Waals surface area contributed by atoms with Gasteiger partial charge in [-0.25, -0.2) is 0 Å². The Morgan fingerprint density at radius 2 is 1.96 bits per heavy atom. The lowest BCUT2D eigenvalue weighted by Gasteiger charge is -2.34. The van der Waals surface area contributed by atoms with Gasteiger partial charge in [0.25, 0.3) is 5.91 Å². The summed E-state index contributed by atoms with van der Waals surface area (Å²) in [5, 5.41) is 9.45. The van der Waals surface area contributed by atoms with Gasteiger partial charge in [-0.05, 0) is 37.1 Å². The van der Waals surface area contributed by atoms with Gasteiger partial charge in [-0.2, -0.15) is 0 Å². The SMILES string of the molecule is CN=C(NCCc1cccc(C(=O)NC)c1)NCC(C)CN1CCN(C)CC1. The Kier molecular flexibility index (Phi) is 9.23. The van der Waals surface area contributed by atoms with E-state index in [4.69, 9.17) is 0 Å². The fourth-order valence-corrected chi connectivity index (χ4v) is 3.36. The first-order chi connectivity index (χ1) is 13.5. The predicted octanol–water partition coefficient (Wildman–Crippen LogP) is 0.637. The van der Waals surface area contributed by atoms with E-state index >= 15 is 0 Å². The third kappa shape index (κ3) is 7.48. The van der Waals surface area contributed by atoms with E-state index in [1.165, 1.54) is 0 Å². The van der Waals surface area contributed by atoms with Crippen LogP contribution in [0.1, 0.15) is 22.8 Å². The highest BCUT2D eigenvalue weighted by molar-refractivity contribution is 5.94. The minimum Gasteiger partial charge on any atom is -0.356 e. The Morgan fingerprint density at radius 1 is 1.21 bits per heavy atom. The van der Waals surface area contributed by atoms with Gasteiger partial charge in [0, 0.05) is 65.5 Å². The molecule has 156 valence electrons. The van der Waals surface area contributed by atoms with Gasteiger partial charge in [0.15, 0.2) is 5.96 Å². The lowest BCUT2D eigenvalue weighted by Crippen LogP contribution is -2.47. The molecule has 28 heavy (non-hydrogen) atoms. The van der Waals surface area contributed by atoms with Gasteiger partial charge in [0.2, 0.25) is 0 Å². The van der Waals surface area contributed by atoms with Crippen LogP contribution in [0.3, 0.4) is 0 Å². The van der Waals surface area contributed by atoms with Crippen molar-refractivity contribution < 1.29 is 4.79 Å². The number of hydrogen-bond acceptors (Lipinski definition) is 4. The summed E-state index contributed by atoms with van der Waals surface area (Å²) >= 11 is 0. The fraction of sp³-hybridized carbons (Fsp3) is 0.619. The topological polar surface area (TPSA) is 72.0 Å². The van der Waals surface area contributed by atoms with Crippen molar-refractivity contribution in [1.82, 2.24) is 25.8 Å². The summed E-state index contributed by atoms with van der Waals surface area (Å²) < 4.78 is 0. The summed E-state index contributed by atoms with van der Waals surface area (Å²) in [4.78, 5) is 21.0. The molecule has 1 unspecified atom stereocenters. The molecule has 0 saturated carbocycles. The molecule has 1 aliphatic heterocycles. The Bertz CT molecular complexity index is 640. The number of carbonyl (C=O) groups excluding carboxylic acids is 1. The summed E-state index contributed by atoms with van der Waals surface area (Å²) in [5.74, 6) is 1.33. The Hall–Kier alpha value is -2.12. The predicted molar refractivity (Wildman–Crippen MR) is 116 cm³/mol. The molecule has 1 amide bonds. The molecule has 0 aliphatic carbocycles. The molecule has 0 aromatic heterocycles. The molecular formula is C21H36N6O. The van der Waals surface area contributed by atoms with Gasteiger partial charge in [0.05, 0.1) is 0 Å². The Labute approximate surface area is 169 Å². The average molecular weight is 389 g/mol. The fourth-order valence-electron chi connectivity index (χ4n) is 3.36. The highest BCUT2D eigenvalue weighted by Gasteiger charge is 2.16. The Balaban J connectivity index is 1.69. The summed E-state index contributed by atoms with van der Waals surface area (Å²) in [7, 11) is 5.64. The smallest absolute Gasteiger partial charge is 0.251 e. The monoisotopic (exact) mass is 388 g/mol. The van der Waals surface area contributed by atoms with Crippen LogP contribution in [-0.4, -0.2) is 88.6 Å². The maximum absolute atomic E-state index is 11.7. The van der Waals surface area contributed by atoms with E-state index in [0.717, 1.165) is 63.8 Å². The molecule has 1 saturated heterocycles. The number of rotatable bonds is 8. The van der Waals surface area contributed by atoms with E-state index in [2.05, 4.69) is 44.7 Å².